The van der Waals surface area contributed by atoms with E-state index in [4.69, 9.17) is 16.3 Å². The van der Waals surface area contributed by atoms with Crippen molar-refractivity contribution < 1.29 is 9.53 Å². The standard InChI is InChI=1S/C20H20ClN5O4/c1-2-26-17-13(19(28)24-20(26)29)10-12(11-22-17)18(27)23-15-5-3-4-14(21)16(15)25-6-8-30-9-7-25/h3-5,10-11H,2,6-9H2,1H3,(H,23,27)(H,24,28,29). The van der Waals surface area contributed by atoms with E-state index in [1.54, 1.807) is 25.1 Å². The number of morpholine rings is 1. The number of aromatic amines is 1. The van der Waals surface area contributed by atoms with Crippen LogP contribution in [0.2, 0.25) is 5.02 Å². The molecule has 2 N–H and O–H groups in total. The number of H-pyrrole nitrogens is 1. The number of ether oxygens (including phenoxy) is 1. The summed E-state index contributed by atoms with van der Waals surface area (Å²) in [5.74, 6) is -0.435. The molecule has 9 nitrogen and oxygen atoms in total. The Morgan fingerprint density at radius 3 is 2.80 bits per heavy atom. The lowest BCUT2D eigenvalue weighted by Gasteiger charge is -2.31. The molecule has 156 valence electrons. The largest absolute Gasteiger partial charge is 0.378 e. The molecule has 3 heterocycles. The molecular weight excluding hydrogens is 410 g/mol. The summed E-state index contributed by atoms with van der Waals surface area (Å²) >= 11 is 6.42. The molecule has 1 aromatic carbocycles. The summed E-state index contributed by atoms with van der Waals surface area (Å²) in [6, 6.07) is 6.72. The number of fused-ring (bicyclic) bond motifs is 1. The molecule has 1 fully saturated rings. The highest BCUT2D eigenvalue weighted by Gasteiger charge is 2.20. The third-order valence-corrected chi connectivity index (χ3v) is 5.28. The number of hydrogen-bond acceptors (Lipinski definition) is 6. The van der Waals surface area contributed by atoms with Gasteiger partial charge in [0.1, 0.15) is 5.65 Å². The number of aryl methyl sites for hydroxylation is 1. The van der Waals surface area contributed by atoms with Gasteiger partial charge in [-0.3, -0.25) is 19.1 Å². The highest BCUT2D eigenvalue weighted by atomic mass is 35.5. The Balaban J connectivity index is 1.70. The van der Waals surface area contributed by atoms with E-state index in [-0.39, 0.29) is 16.6 Å². The van der Waals surface area contributed by atoms with E-state index >= 15 is 0 Å². The van der Waals surface area contributed by atoms with Crippen molar-refractivity contribution in [2.24, 2.45) is 0 Å². The molecule has 1 aliphatic rings. The van der Waals surface area contributed by atoms with Crippen LogP contribution >= 0.6 is 11.6 Å². The average molecular weight is 430 g/mol. The molecule has 0 bridgehead atoms. The number of rotatable bonds is 4. The van der Waals surface area contributed by atoms with Crippen molar-refractivity contribution in [3.8, 4) is 0 Å². The number of para-hydroxylation sites is 1. The van der Waals surface area contributed by atoms with Crippen LogP contribution in [0.15, 0.2) is 40.1 Å². The maximum atomic E-state index is 12.9. The summed E-state index contributed by atoms with van der Waals surface area (Å²) in [5.41, 5.74) is 0.596. The minimum Gasteiger partial charge on any atom is -0.378 e. The molecule has 1 aliphatic heterocycles. The van der Waals surface area contributed by atoms with Crippen LogP contribution in [0, 0.1) is 0 Å². The van der Waals surface area contributed by atoms with Gasteiger partial charge in [-0.2, -0.15) is 0 Å². The lowest BCUT2D eigenvalue weighted by molar-refractivity contribution is 0.102. The Kier molecular flexibility index (Phi) is 5.56. The molecule has 1 amide bonds. The van der Waals surface area contributed by atoms with E-state index in [1.807, 2.05) is 0 Å². The molecular formula is C20H20ClN5O4. The molecule has 4 rings (SSSR count). The van der Waals surface area contributed by atoms with E-state index in [9.17, 15) is 14.4 Å². The molecule has 1 saturated heterocycles. The zero-order valence-electron chi connectivity index (χ0n) is 16.3. The fourth-order valence-electron chi connectivity index (χ4n) is 3.50. The van der Waals surface area contributed by atoms with Crippen LogP contribution in [0.5, 0.6) is 0 Å². The first-order chi connectivity index (χ1) is 14.5. The number of halogens is 1. The van der Waals surface area contributed by atoms with E-state index < -0.39 is 17.2 Å². The van der Waals surface area contributed by atoms with Gasteiger partial charge in [0, 0.05) is 25.8 Å². The van der Waals surface area contributed by atoms with Gasteiger partial charge >= 0.3 is 5.69 Å². The van der Waals surface area contributed by atoms with Crippen LogP contribution in [0.25, 0.3) is 11.0 Å². The zero-order valence-corrected chi connectivity index (χ0v) is 17.0. The van der Waals surface area contributed by atoms with Gasteiger partial charge in [0.25, 0.3) is 11.5 Å². The molecule has 0 spiro atoms. The number of pyridine rings is 1. The fraction of sp³-hybridized carbons (Fsp3) is 0.300. The van der Waals surface area contributed by atoms with Crippen LogP contribution < -0.4 is 21.5 Å². The van der Waals surface area contributed by atoms with Crippen molar-refractivity contribution in [3.05, 3.63) is 61.9 Å². The number of nitrogens with zero attached hydrogens (tertiary/aromatic N) is 3. The molecule has 0 radical (unpaired) electrons. The van der Waals surface area contributed by atoms with Crippen LogP contribution in [0.3, 0.4) is 0 Å². The molecule has 3 aromatic rings. The topological polar surface area (TPSA) is 109 Å². The second-order valence-electron chi connectivity index (χ2n) is 6.79. The first kappa shape index (κ1) is 20.1. The predicted octanol–water partition coefficient (Wildman–Crippen LogP) is 1.85. The summed E-state index contributed by atoms with van der Waals surface area (Å²) < 4.78 is 6.73. The molecule has 0 unspecified atom stereocenters. The highest BCUT2D eigenvalue weighted by molar-refractivity contribution is 6.34. The van der Waals surface area contributed by atoms with Crippen molar-refractivity contribution in [3.63, 3.8) is 0 Å². The van der Waals surface area contributed by atoms with Gasteiger partial charge in [-0.1, -0.05) is 17.7 Å². The minimum absolute atomic E-state index is 0.170. The van der Waals surface area contributed by atoms with Crippen molar-refractivity contribution >= 4 is 39.9 Å². The third kappa shape index (κ3) is 3.69. The molecule has 0 saturated carbocycles. The van der Waals surface area contributed by atoms with Gasteiger partial charge in [-0.05, 0) is 25.1 Å². The number of carbonyl (C=O) groups excluding carboxylic acids is 1. The summed E-state index contributed by atoms with van der Waals surface area (Å²) in [7, 11) is 0. The third-order valence-electron chi connectivity index (χ3n) is 4.97. The number of anilines is 2. The number of aromatic nitrogens is 3. The second kappa shape index (κ2) is 8.29. The number of nitrogens with one attached hydrogen (secondary N) is 2. The number of hydrogen-bond donors (Lipinski definition) is 2. The van der Waals surface area contributed by atoms with Crippen molar-refractivity contribution in [1.82, 2.24) is 14.5 Å². The van der Waals surface area contributed by atoms with E-state index in [0.29, 0.717) is 43.6 Å². The van der Waals surface area contributed by atoms with Crippen LogP contribution in [-0.2, 0) is 11.3 Å². The Labute approximate surface area is 176 Å². The molecule has 0 atom stereocenters. The number of benzene rings is 1. The van der Waals surface area contributed by atoms with Gasteiger partial charge in [0.05, 0.1) is 40.6 Å². The zero-order chi connectivity index (χ0) is 21.3. The lowest BCUT2D eigenvalue weighted by Crippen LogP contribution is -2.37. The second-order valence-corrected chi connectivity index (χ2v) is 7.20. The Morgan fingerprint density at radius 1 is 1.30 bits per heavy atom. The number of carbonyl (C=O) groups is 1. The average Bonchev–Trinajstić information content (AvgIpc) is 2.74. The summed E-state index contributed by atoms with van der Waals surface area (Å²) in [4.78, 5) is 45.6. The number of amides is 1. The van der Waals surface area contributed by atoms with E-state index in [0.717, 1.165) is 5.69 Å². The normalized spacial score (nSPS) is 14.1. The highest BCUT2D eigenvalue weighted by Crippen LogP contribution is 2.34. The van der Waals surface area contributed by atoms with Crippen LogP contribution in [-0.4, -0.2) is 46.7 Å². The van der Waals surface area contributed by atoms with Gasteiger partial charge in [-0.25, -0.2) is 9.78 Å². The molecule has 0 aliphatic carbocycles. The fourth-order valence-corrected chi connectivity index (χ4v) is 3.80. The monoisotopic (exact) mass is 429 g/mol. The Bertz CT molecular complexity index is 1230. The maximum absolute atomic E-state index is 12.9. The summed E-state index contributed by atoms with van der Waals surface area (Å²) in [6.07, 6.45) is 1.35. The van der Waals surface area contributed by atoms with Gasteiger partial charge < -0.3 is 15.0 Å². The van der Waals surface area contributed by atoms with Gasteiger partial charge in [-0.15, -0.1) is 0 Å². The first-order valence-electron chi connectivity index (χ1n) is 9.55. The molecule has 2 aromatic heterocycles. The minimum atomic E-state index is -0.585. The van der Waals surface area contributed by atoms with E-state index in [2.05, 4.69) is 20.2 Å². The predicted molar refractivity (Wildman–Crippen MR) is 115 cm³/mol. The summed E-state index contributed by atoms with van der Waals surface area (Å²) in [6.45, 7) is 4.59. The molecule has 10 heteroatoms. The first-order valence-corrected chi connectivity index (χ1v) is 9.93. The quantitative estimate of drug-likeness (QED) is 0.655. The Hall–Kier alpha value is -3.17. The van der Waals surface area contributed by atoms with Crippen molar-refractivity contribution in [2.75, 3.05) is 36.5 Å². The van der Waals surface area contributed by atoms with E-state index in [1.165, 1.54) is 16.8 Å². The smallest absolute Gasteiger partial charge is 0.329 e. The van der Waals surface area contributed by atoms with Crippen LogP contribution in [0.1, 0.15) is 17.3 Å². The van der Waals surface area contributed by atoms with Gasteiger partial charge in [0.15, 0.2) is 0 Å². The van der Waals surface area contributed by atoms with Crippen molar-refractivity contribution in [2.45, 2.75) is 13.5 Å². The SMILES string of the molecule is CCn1c(=O)[nH]c(=O)c2cc(C(=O)Nc3cccc(Cl)c3N3CCOCC3)cnc21. The molecule has 30 heavy (non-hydrogen) atoms. The maximum Gasteiger partial charge on any atom is 0.329 e. The Morgan fingerprint density at radius 2 is 2.07 bits per heavy atom. The van der Waals surface area contributed by atoms with Crippen LogP contribution in [0.4, 0.5) is 11.4 Å². The lowest BCUT2D eigenvalue weighted by atomic mass is 10.2. The van der Waals surface area contributed by atoms with Gasteiger partial charge in [0.2, 0.25) is 0 Å². The van der Waals surface area contributed by atoms with Crippen molar-refractivity contribution in [1.29, 1.82) is 0 Å². The summed E-state index contributed by atoms with van der Waals surface area (Å²) in [5, 5.41) is 3.56.